The fourth-order valence-corrected chi connectivity index (χ4v) is 1.90. The Kier molecular flexibility index (Phi) is 11.8. The lowest BCUT2D eigenvalue weighted by molar-refractivity contribution is -0.143. The fraction of sp³-hybridized carbons (Fsp3) is 0.435. The molecule has 144 valence electrons. The Bertz CT molecular complexity index is 603. The number of ether oxygens (including phenoxy) is 2. The molecule has 0 aromatic rings. The van der Waals surface area contributed by atoms with E-state index in [0.717, 1.165) is 24.0 Å². The van der Waals surface area contributed by atoms with Crippen LogP contribution in [0.25, 0.3) is 0 Å². The summed E-state index contributed by atoms with van der Waals surface area (Å²) >= 11 is 0. The average Bonchev–Trinajstić information content (AvgIpc) is 2.63. The maximum atomic E-state index is 11.8. The van der Waals surface area contributed by atoms with Gasteiger partial charge in [0.25, 0.3) is 0 Å². The van der Waals surface area contributed by atoms with Gasteiger partial charge in [-0.2, -0.15) is 0 Å². The van der Waals surface area contributed by atoms with Crippen molar-refractivity contribution in [2.24, 2.45) is 5.92 Å². The molecule has 0 aliphatic carbocycles. The minimum Gasteiger partial charge on any atom is -0.491 e. The molecule has 0 spiro atoms. The van der Waals surface area contributed by atoms with Gasteiger partial charge in [-0.3, -0.25) is 4.79 Å². The summed E-state index contributed by atoms with van der Waals surface area (Å²) < 4.78 is 10.9. The minimum atomic E-state index is -0.256. The van der Waals surface area contributed by atoms with Crippen molar-refractivity contribution in [3.63, 3.8) is 0 Å². The van der Waals surface area contributed by atoms with E-state index in [1.165, 1.54) is 0 Å². The first-order valence-corrected chi connectivity index (χ1v) is 9.24. The van der Waals surface area contributed by atoms with Crippen LogP contribution in [-0.2, 0) is 14.3 Å². The Hall–Kier alpha value is -2.29. The molecule has 0 radical (unpaired) electrons. The van der Waals surface area contributed by atoms with Crippen LogP contribution in [0.15, 0.2) is 72.3 Å². The van der Waals surface area contributed by atoms with Crippen molar-refractivity contribution >= 4 is 5.97 Å². The standard InChI is InChI=1S/C23H34O3/c1-9-17(5)23(24)26-20(8)14-16-22(12-4)21(11-3)15-13-19(7)25-18(6)10-2/h11-18H,7-10H2,1-6H3/b15-13-,16-14-,21-11-,22-12+. The molecule has 2 unspecified atom stereocenters. The van der Waals surface area contributed by atoms with E-state index >= 15 is 0 Å². The smallest absolute Gasteiger partial charge is 0.314 e. The predicted octanol–water partition coefficient (Wildman–Crippen LogP) is 6.42. The van der Waals surface area contributed by atoms with Crippen molar-refractivity contribution in [3.8, 4) is 0 Å². The molecule has 0 rings (SSSR count). The molecular formula is C23H34O3. The van der Waals surface area contributed by atoms with E-state index < -0.39 is 0 Å². The van der Waals surface area contributed by atoms with Crippen LogP contribution in [0.2, 0.25) is 0 Å². The predicted molar refractivity (Wildman–Crippen MR) is 110 cm³/mol. The first-order valence-electron chi connectivity index (χ1n) is 9.24. The molecular weight excluding hydrogens is 324 g/mol. The molecule has 3 heteroatoms. The third-order valence-corrected chi connectivity index (χ3v) is 4.03. The SMILES string of the molecule is C=C(\C=C/C(=C\C)C(/C=C\C(=C)OC(C)CC)=C\C)OC(=O)C(C)CC. The lowest BCUT2D eigenvalue weighted by Crippen LogP contribution is -2.12. The van der Waals surface area contributed by atoms with Crippen molar-refractivity contribution in [3.05, 3.63) is 72.3 Å². The third kappa shape index (κ3) is 9.26. The number of hydrogen-bond donors (Lipinski definition) is 0. The highest BCUT2D eigenvalue weighted by Gasteiger charge is 2.12. The maximum Gasteiger partial charge on any atom is 0.314 e. The highest BCUT2D eigenvalue weighted by Crippen LogP contribution is 2.17. The van der Waals surface area contributed by atoms with E-state index in [1.54, 1.807) is 6.08 Å². The van der Waals surface area contributed by atoms with Gasteiger partial charge in [0, 0.05) is 0 Å². The molecule has 0 aromatic heterocycles. The minimum absolute atomic E-state index is 0.133. The number of rotatable bonds is 11. The van der Waals surface area contributed by atoms with Gasteiger partial charge >= 0.3 is 5.97 Å². The summed E-state index contributed by atoms with van der Waals surface area (Å²) in [5.41, 5.74) is 2.00. The lowest BCUT2D eigenvalue weighted by atomic mass is 10.0. The second-order valence-electron chi connectivity index (χ2n) is 6.15. The molecule has 0 amide bonds. The molecule has 0 aliphatic rings. The van der Waals surface area contributed by atoms with Gasteiger partial charge in [0.15, 0.2) is 0 Å². The van der Waals surface area contributed by atoms with Gasteiger partial charge in [0.05, 0.1) is 12.0 Å². The topological polar surface area (TPSA) is 35.5 Å². The van der Waals surface area contributed by atoms with Crippen molar-refractivity contribution in [2.45, 2.75) is 60.5 Å². The van der Waals surface area contributed by atoms with Crippen LogP contribution in [0.5, 0.6) is 0 Å². The summed E-state index contributed by atoms with van der Waals surface area (Å²) in [6.45, 7) is 19.5. The molecule has 0 aromatic carbocycles. The van der Waals surface area contributed by atoms with Gasteiger partial charge in [0.2, 0.25) is 0 Å². The Morgan fingerprint density at radius 2 is 1.38 bits per heavy atom. The van der Waals surface area contributed by atoms with Crippen molar-refractivity contribution < 1.29 is 14.3 Å². The Morgan fingerprint density at radius 3 is 1.81 bits per heavy atom. The normalized spacial score (nSPS) is 15.2. The van der Waals surface area contributed by atoms with Crippen molar-refractivity contribution in [2.75, 3.05) is 0 Å². The van der Waals surface area contributed by atoms with Gasteiger partial charge in [-0.1, -0.05) is 58.2 Å². The number of carbonyl (C=O) groups is 1. The highest BCUT2D eigenvalue weighted by atomic mass is 16.5. The number of hydrogen-bond acceptors (Lipinski definition) is 3. The molecule has 26 heavy (non-hydrogen) atoms. The van der Waals surface area contributed by atoms with Crippen LogP contribution >= 0.6 is 0 Å². The Balaban J connectivity index is 4.95. The molecule has 0 N–H and O–H groups in total. The van der Waals surface area contributed by atoms with E-state index in [1.807, 2.05) is 65.0 Å². The summed E-state index contributed by atoms with van der Waals surface area (Å²) in [7, 11) is 0. The summed E-state index contributed by atoms with van der Waals surface area (Å²) in [4.78, 5) is 11.8. The van der Waals surface area contributed by atoms with Crippen LogP contribution in [0.3, 0.4) is 0 Å². The van der Waals surface area contributed by atoms with Crippen LogP contribution < -0.4 is 0 Å². The monoisotopic (exact) mass is 358 g/mol. The Morgan fingerprint density at radius 1 is 0.885 bits per heavy atom. The zero-order valence-corrected chi connectivity index (χ0v) is 17.2. The molecule has 3 nitrogen and oxygen atoms in total. The van der Waals surface area contributed by atoms with E-state index in [4.69, 9.17) is 9.47 Å². The lowest BCUT2D eigenvalue weighted by Gasteiger charge is -2.12. The zero-order chi connectivity index (χ0) is 20.1. The highest BCUT2D eigenvalue weighted by molar-refractivity contribution is 5.73. The largest absolute Gasteiger partial charge is 0.491 e. The van der Waals surface area contributed by atoms with E-state index in [2.05, 4.69) is 20.1 Å². The second-order valence-corrected chi connectivity index (χ2v) is 6.15. The van der Waals surface area contributed by atoms with Gasteiger partial charge in [-0.05, 0) is 56.9 Å². The summed E-state index contributed by atoms with van der Waals surface area (Å²) in [6, 6.07) is 0. The summed E-state index contributed by atoms with van der Waals surface area (Å²) in [5, 5.41) is 0. The van der Waals surface area contributed by atoms with Crippen molar-refractivity contribution in [1.29, 1.82) is 0 Å². The number of carbonyl (C=O) groups excluding carboxylic acids is 1. The molecule has 0 saturated heterocycles. The number of allylic oxidation sites excluding steroid dienone is 8. The van der Waals surface area contributed by atoms with Gasteiger partial charge < -0.3 is 9.47 Å². The number of esters is 1. The average molecular weight is 359 g/mol. The van der Waals surface area contributed by atoms with Gasteiger partial charge in [0.1, 0.15) is 11.5 Å². The van der Waals surface area contributed by atoms with Crippen LogP contribution in [-0.4, -0.2) is 12.1 Å². The summed E-state index contributed by atoms with van der Waals surface area (Å²) in [6.07, 6.45) is 13.2. The first-order chi connectivity index (χ1) is 12.3. The van der Waals surface area contributed by atoms with Gasteiger partial charge in [-0.15, -0.1) is 0 Å². The van der Waals surface area contributed by atoms with Gasteiger partial charge in [-0.25, -0.2) is 0 Å². The first kappa shape index (κ1) is 23.7. The van der Waals surface area contributed by atoms with E-state index in [0.29, 0.717) is 11.5 Å². The molecule has 0 bridgehead atoms. The third-order valence-electron chi connectivity index (χ3n) is 4.03. The zero-order valence-electron chi connectivity index (χ0n) is 17.2. The van der Waals surface area contributed by atoms with Crippen molar-refractivity contribution in [1.82, 2.24) is 0 Å². The second kappa shape index (κ2) is 13.0. The molecule has 0 fully saturated rings. The van der Waals surface area contributed by atoms with Crippen LogP contribution in [0.1, 0.15) is 54.4 Å². The van der Waals surface area contributed by atoms with E-state index in [9.17, 15) is 4.79 Å². The molecule has 0 heterocycles. The Labute approximate surface area is 159 Å². The summed E-state index contributed by atoms with van der Waals surface area (Å²) in [5.74, 6) is 0.573. The molecule has 0 saturated carbocycles. The molecule has 0 aliphatic heterocycles. The maximum absolute atomic E-state index is 11.8. The van der Waals surface area contributed by atoms with Crippen LogP contribution in [0, 0.1) is 5.92 Å². The molecule has 2 atom stereocenters. The van der Waals surface area contributed by atoms with E-state index in [-0.39, 0.29) is 18.0 Å². The fourth-order valence-electron chi connectivity index (χ4n) is 1.90. The van der Waals surface area contributed by atoms with Crippen LogP contribution in [0.4, 0.5) is 0 Å². The quantitative estimate of drug-likeness (QED) is 0.243.